The molecule has 108 valence electrons. The molecule has 1 saturated heterocycles. The van der Waals surface area contributed by atoms with Gasteiger partial charge in [0.15, 0.2) is 0 Å². The summed E-state index contributed by atoms with van der Waals surface area (Å²) < 4.78 is 5.64. The standard InChI is InChI=1S/C15H19NO4/c1-10-3-5-13(6-4-10)20-9-11(2)16-8-12(15(18)19)7-14(16)17/h3-6,11-12H,7-9H2,1-2H3,(H,18,19). The van der Waals surface area contributed by atoms with E-state index in [-0.39, 0.29) is 24.9 Å². The largest absolute Gasteiger partial charge is 0.491 e. The zero-order chi connectivity index (χ0) is 14.7. The number of nitrogens with zero attached hydrogens (tertiary/aromatic N) is 1. The number of carboxylic acids is 1. The van der Waals surface area contributed by atoms with Gasteiger partial charge in [-0.2, -0.15) is 0 Å². The van der Waals surface area contributed by atoms with Gasteiger partial charge in [-0.05, 0) is 26.0 Å². The summed E-state index contributed by atoms with van der Waals surface area (Å²) in [6, 6.07) is 7.55. The summed E-state index contributed by atoms with van der Waals surface area (Å²) in [5.41, 5.74) is 1.16. The van der Waals surface area contributed by atoms with Crippen LogP contribution in [0.25, 0.3) is 0 Å². The van der Waals surface area contributed by atoms with Crippen molar-refractivity contribution >= 4 is 11.9 Å². The van der Waals surface area contributed by atoms with Gasteiger partial charge in [0.25, 0.3) is 0 Å². The second-order valence-corrected chi connectivity index (χ2v) is 5.26. The second kappa shape index (κ2) is 5.94. The highest BCUT2D eigenvalue weighted by Gasteiger charge is 2.36. The first-order chi connectivity index (χ1) is 9.47. The molecule has 0 spiro atoms. The van der Waals surface area contributed by atoms with Crippen LogP contribution >= 0.6 is 0 Å². The number of carbonyl (C=O) groups is 2. The molecule has 1 aromatic carbocycles. The summed E-state index contributed by atoms with van der Waals surface area (Å²) in [4.78, 5) is 24.3. The monoisotopic (exact) mass is 277 g/mol. The lowest BCUT2D eigenvalue weighted by atomic mass is 10.1. The fourth-order valence-corrected chi connectivity index (χ4v) is 2.26. The summed E-state index contributed by atoms with van der Waals surface area (Å²) in [6.07, 6.45) is 0.0875. The first-order valence-electron chi connectivity index (χ1n) is 6.69. The molecule has 1 N–H and O–H groups in total. The topological polar surface area (TPSA) is 66.8 Å². The van der Waals surface area contributed by atoms with Crippen LogP contribution in [0.4, 0.5) is 0 Å². The van der Waals surface area contributed by atoms with Crippen molar-refractivity contribution in [1.29, 1.82) is 0 Å². The molecule has 0 bridgehead atoms. The molecular weight excluding hydrogens is 258 g/mol. The molecule has 1 aliphatic heterocycles. The number of aryl methyl sites for hydroxylation is 1. The number of ether oxygens (including phenoxy) is 1. The molecule has 1 aliphatic rings. The van der Waals surface area contributed by atoms with Crippen LogP contribution in [0.3, 0.4) is 0 Å². The van der Waals surface area contributed by atoms with E-state index in [1.807, 2.05) is 38.1 Å². The number of carboxylic acid groups (broad SMARTS) is 1. The summed E-state index contributed by atoms with van der Waals surface area (Å²) in [6.45, 7) is 4.51. The Labute approximate surface area is 118 Å². The highest BCUT2D eigenvalue weighted by Crippen LogP contribution is 2.21. The van der Waals surface area contributed by atoms with E-state index in [0.717, 1.165) is 11.3 Å². The van der Waals surface area contributed by atoms with Crippen LogP contribution in [0.1, 0.15) is 18.9 Å². The van der Waals surface area contributed by atoms with Crippen molar-refractivity contribution in [3.63, 3.8) is 0 Å². The van der Waals surface area contributed by atoms with E-state index in [2.05, 4.69) is 0 Å². The molecule has 20 heavy (non-hydrogen) atoms. The van der Waals surface area contributed by atoms with Crippen LogP contribution in [0.2, 0.25) is 0 Å². The maximum absolute atomic E-state index is 11.8. The molecular formula is C15H19NO4. The van der Waals surface area contributed by atoms with Crippen LogP contribution in [0.15, 0.2) is 24.3 Å². The van der Waals surface area contributed by atoms with Crippen LogP contribution < -0.4 is 4.74 Å². The molecule has 1 aromatic rings. The Bertz CT molecular complexity index is 497. The third kappa shape index (κ3) is 3.29. The maximum atomic E-state index is 11.8. The van der Waals surface area contributed by atoms with E-state index in [0.29, 0.717) is 6.61 Å². The first kappa shape index (κ1) is 14.4. The van der Waals surface area contributed by atoms with E-state index < -0.39 is 11.9 Å². The van der Waals surface area contributed by atoms with Gasteiger partial charge in [-0.1, -0.05) is 17.7 Å². The van der Waals surface area contributed by atoms with Crippen LogP contribution in [0, 0.1) is 12.8 Å². The molecule has 1 fully saturated rings. The molecule has 0 aromatic heterocycles. The zero-order valence-electron chi connectivity index (χ0n) is 11.7. The first-order valence-corrected chi connectivity index (χ1v) is 6.69. The van der Waals surface area contributed by atoms with Crippen molar-refractivity contribution in [2.75, 3.05) is 13.2 Å². The van der Waals surface area contributed by atoms with E-state index in [1.165, 1.54) is 0 Å². The number of hydrogen-bond acceptors (Lipinski definition) is 3. The van der Waals surface area contributed by atoms with Gasteiger partial charge >= 0.3 is 5.97 Å². The lowest BCUT2D eigenvalue weighted by molar-refractivity contribution is -0.141. The smallest absolute Gasteiger partial charge is 0.308 e. The molecule has 2 rings (SSSR count). The minimum Gasteiger partial charge on any atom is -0.491 e. The molecule has 0 aliphatic carbocycles. The number of rotatable bonds is 5. The number of carbonyl (C=O) groups excluding carboxylic acids is 1. The molecule has 5 nitrogen and oxygen atoms in total. The Morgan fingerprint density at radius 2 is 2.10 bits per heavy atom. The SMILES string of the molecule is Cc1ccc(OCC(C)N2CC(C(=O)O)CC2=O)cc1. The summed E-state index contributed by atoms with van der Waals surface area (Å²) in [5.74, 6) is -0.863. The lowest BCUT2D eigenvalue weighted by Gasteiger charge is -2.24. The highest BCUT2D eigenvalue weighted by molar-refractivity contribution is 5.86. The van der Waals surface area contributed by atoms with Gasteiger partial charge in [0.2, 0.25) is 5.91 Å². The molecule has 5 heteroatoms. The number of hydrogen-bond donors (Lipinski definition) is 1. The van der Waals surface area contributed by atoms with E-state index in [9.17, 15) is 9.59 Å². The van der Waals surface area contributed by atoms with Gasteiger partial charge in [-0.3, -0.25) is 9.59 Å². The fourth-order valence-electron chi connectivity index (χ4n) is 2.26. The number of benzene rings is 1. The zero-order valence-corrected chi connectivity index (χ0v) is 11.7. The molecule has 0 radical (unpaired) electrons. The number of aliphatic carboxylic acids is 1. The van der Waals surface area contributed by atoms with Crippen molar-refractivity contribution in [1.82, 2.24) is 4.90 Å². The van der Waals surface area contributed by atoms with E-state index >= 15 is 0 Å². The Morgan fingerprint density at radius 1 is 1.45 bits per heavy atom. The minimum atomic E-state index is -0.910. The predicted molar refractivity (Wildman–Crippen MR) is 73.6 cm³/mol. The quantitative estimate of drug-likeness (QED) is 0.889. The molecule has 1 heterocycles. The Kier molecular flexibility index (Phi) is 4.27. The van der Waals surface area contributed by atoms with Crippen LogP contribution in [-0.2, 0) is 9.59 Å². The lowest BCUT2D eigenvalue weighted by Crippen LogP contribution is -2.38. The maximum Gasteiger partial charge on any atom is 0.308 e. The Morgan fingerprint density at radius 3 is 2.65 bits per heavy atom. The van der Waals surface area contributed by atoms with Crippen molar-refractivity contribution < 1.29 is 19.4 Å². The molecule has 0 saturated carbocycles. The normalized spacial score (nSPS) is 20.0. The Hall–Kier alpha value is -2.04. The molecule has 2 unspecified atom stereocenters. The molecule has 2 atom stereocenters. The fraction of sp³-hybridized carbons (Fsp3) is 0.467. The van der Waals surface area contributed by atoms with Gasteiger partial charge in [0.05, 0.1) is 12.0 Å². The highest BCUT2D eigenvalue weighted by atomic mass is 16.5. The van der Waals surface area contributed by atoms with E-state index in [4.69, 9.17) is 9.84 Å². The van der Waals surface area contributed by atoms with Crippen LogP contribution in [0.5, 0.6) is 5.75 Å². The third-order valence-electron chi connectivity index (χ3n) is 3.55. The van der Waals surface area contributed by atoms with Gasteiger partial charge in [-0.25, -0.2) is 0 Å². The Balaban J connectivity index is 1.89. The van der Waals surface area contributed by atoms with Crippen molar-refractivity contribution in [3.05, 3.63) is 29.8 Å². The third-order valence-corrected chi connectivity index (χ3v) is 3.55. The number of amides is 1. The summed E-state index contributed by atoms with van der Waals surface area (Å²) in [7, 11) is 0. The van der Waals surface area contributed by atoms with Crippen molar-refractivity contribution in [2.24, 2.45) is 5.92 Å². The van der Waals surface area contributed by atoms with Gasteiger partial charge in [0, 0.05) is 13.0 Å². The minimum absolute atomic E-state index is 0.0875. The van der Waals surface area contributed by atoms with E-state index in [1.54, 1.807) is 4.90 Å². The second-order valence-electron chi connectivity index (χ2n) is 5.26. The van der Waals surface area contributed by atoms with Gasteiger partial charge < -0.3 is 14.7 Å². The summed E-state index contributed by atoms with van der Waals surface area (Å²) >= 11 is 0. The van der Waals surface area contributed by atoms with Gasteiger partial charge in [0.1, 0.15) is 12.4 Å². The molecule has 1 amide bonds. The van der Waals surface area contributed by atoms with Crippen molar-refractivity contribution in [3.8, 4) is 5.75 Å². The van der Waals surface area contributed by atoms with Gasteiger partial charge in [-0.15, -0.1) is 0 Å². The summed E-state index contributed by atoms with van der Waals surface area (Å²) in [5, 5.41) is 8.95. The number of likely N-dealkylation sites (tertiary alicyclic amines) is 1. The van der Waals surface area contributed by atoms with Crippen LogP contribution in [-0.4, -0.2) is 41.1 Å². The average molecular weight is 277 g/mol. The predicted octanol–water partition coefficient (Wildman–Crippen LogP) is 1.70. The average Bonchev–Trinajstić information content (AvgIpc) is 2.80. The van der Waals surface area contributed by atoms with Crippen molar-refractivity contribution in [2.45, 2.75) is 26.3 Å².